The lowest BCUT2D eigenvalue weighted by Gasteiger charge is -2.27. The van der Waals surface area contributed by atoms with E-state index in [1.165, 1.54) is 5.57 Å². The summed E-state index contributed by atoms with van der Waals surface area (Å²) < 4.78 is 0. The Bertz CT molecular complexity index is 434. The molecule has 0 atom stereocenters. The fourth-order valence-corrected chi connectivity index (χ4v) is 1.92. The number of anilines is 1. The number of rotatable bonds is 3. The van der Waals surface area contributed by atoms with E-state index in [4.69, 9.17) is 0 Å². The van der Waals surface area contributed by atoms with E-state index >= 15 is 0 Å². The van der Waals surface area contributed by atoms with Gasteiger partial charge in [-0.25, -0.2) is 0 Å². The van der Waals surface area contributed by atoms with E-state index in [1.807, 2.05) is 19.1 Å². The molecule has 0 aromatic carbocycles. The van der Waals surface area contributed by atoms with Crippen LogP contribution in [0.4, 0.5) is 5.69 Å². The zero-order valence-electron chi connectivity index (χ0n) is 10.4. The molecule has 1 aliphatic heterocycles. The van der Waals surface area contributed by atoms with Crippen LogP contribution >= 0.6 is 0 Å². The first-order chi connectivity index (χ1) is 8.20. The number of Topliss-reactive ketones (excluding diaryl/α,β-unsaturated/α-hetero) is 1. The van der Waals surface area contributed by atoms with Crippen LogP contribution in [0.15, 0.2) is 30.0 Å². The molecular weight excluding hydrogens is 212 g/mol. The lowest BCUT2D eigenvalue weighted by atomic mass is 10.1. The smallest absolute Gasteiger partial charge is 0.180 e. The van der Waals surface area contributed by atoms with E-state index in [9.17, 15) is 4.79 Å². The molecule has 90 valence electrons. The SMILES string of the molecule is CCC(=O)c1ccc(N2CC=C(C)CC2)cn1. The number of pyridine rings is 1. The molecule has 3 nitrogen and oxygen atoms in total. The van der Waals surface area contributed by atoms with Crippen molar-refractivity contribution in [2.24, 2.45) is 0 Å². The predicted octanol–water partition coefficient (Wildman–Crippen LogP) is 2.83. The minimum Gasteiger partial charge on any atom is -0.366 e. The summed E-state index contributed by atoms with van der Waals surface area (Å²) in [5, 5.41) is 0. The number of carbonyl (C=O) groups is 1. The highest BCUT2D eigenvalue weighted by atomic mass is 16.1. The normalized spacial score (nSPS) is 15.6. The van der Waals surface area contributed by atoms with Crippen molar-refractivity contribution in [2.45, 2.75) is 26.7 Å². The molecule has 0 bridgehead atoms. The van der Waals surface area contributed by atoms with Gasteiger partial charge in [0.2, 0.25) is 0 Å². The van der Waals surface area contributed by atoms with Crippen LogP contribution in [-0.4, -0.2) is 23.9 Å². The van der Waals surface area contributed by atoms with Gasteiger partial charge in [0.25, 0.3) is 0 Å². The van der Waals surface area contributed by atoms with E-state index in [0.29, 0.717) is 12.1 Å². The highest BCUT2D eigenvalue weighted by molar-refractivity contribution is 5.94. The van der Waals surface area contributed by atoms with Crippen LogP contribution in [0.25, 0.3) is 0 Å². The Hall–Kier alpha value is -1.64. The van der Waals surface area contributed by atoms with E-state index < -0.39 is 0 Å². The molecule has 0 saturated heterocycles. The van der Waals surface area contributed by atoms with Crippen molar-refractivity contribution in [2.75, 3.05) is 18.0 Å². The van der Waals surface area contributed by atoms with Crippen molar-refractivity contribution in [1.82, 2.24) is 4.98 Å². The summed E-state index contributed by atoms with van der Waals surface area (Å²) in [7, 11) is 0. The van der Waals surface area contributed by atoms with Crippen LogP contribution in [0.2, 0.25) is 0 Å². The van der Waals surface area contributed by atoms with Crippen molar-refractivity contribution in [3.05, 3.63) is 35.7 Å². The molecule has 0 fully saturated rings. The molecule has 0 aliphatic carbocycles. The molecule has 1 aromatic heterocycles. The van der Waals surface area contributed by atoms with Gasteiger partial charge >= 0.3 is 0 Å². The van der Waals surface area contributed by atoms with E-state index in [2.05, 4.69) is 22.9 Å². The third-order valence-electron chi connectivity index (χ3n) is 3.16. The second kappa shape index (κ2) is 5.13. The van der Waals surface area contributed by atoms with Crippen LogP contribution in [0.5, 0.6) is 0 Å². The Morgan fingerprint density at radius 2 is 2.29 bits per heavy atom. The second-order valence-corrected chi connectivity index (χ2v) is 4.42. The molecule has 3 heteroatoms. The largest absolute Gasteiger partial charge is 0.366 e. The highest BCUT2D eigenvalue weighted by Gasteiger charge is 2.11. The van der Waals surface area contributed by atoms with E-state index in [-0.39, 0.29) is 5.78 Å². The Kier molecular flexibility index (Phi) is 3.57. The van der Waals surface area contributed by atoms with Gasteiger partial charge in [0.1, 0.15) is 5.69 Å². The van der Waals surface area contributed by atoms with Gasteiger partial charge in [0, 0.05) is 19.5 Å². The van der Waals surface area contributed by atoms with Crippen LogP contribution < -0.4 is 4.90 Å². The third kappa shape index (κ3) is 2.73. The molecule has 2 rings (SSSR count). The molecule has 0 amide bonds. The molecule has 0 unspecified atom stereocenters. The molecule has 0 N–H and O–H groups in total. The quantitative estimate of drug-likeness (QED) is 0.591. The lowest BCUT2D eigenvalue weighted by Crippen LogP contribution is -2.28. The average molecular weight is 230 g/mol. The Morgan fingerprint density at radius 1 is 1.47 bits per heavy atom. The monoisotopic (exact) mass is 230 g/mol. The molecular formula is C14H18N2O. The molecule has 0 radical (unpaired) electrons. The maximum atomic E-state index is 11.5. The second-order valence-electron chi connectivity index (χ2n) is 4.42. The van der Waals surface area contributed by atoms with Crippen molar-refractivity contribution >= 4 is 11.5 Å². The van der Waals surface area contributed by atoms with Gasteiger partial charge in [0.05, 0.1) is 11.9 Å². The summed E-state index contributed by atoms with van der Waals surface area (Å²) in [5.41, 5.74) is 3.12. The topological polar surface area (TPSA) is 33.2 Å². The maximum Gasteiger partial charge on any atom is 0.180 e. The summed E-state index contributed by atoms with van der Waals surface area (Å²) >= 11 is 0. The number of hydrogen-bond donors (Lipinski definition) is 0. The van der Waals surface area contributed by atoms with Crippen molar-refractivity contribution in [3.8, 4) is 0 Å². The minimum atomic E-state index is 0.103. The van der Waals surface area contributed by atoms with Crippen LogP contribution in [0, 0.1) is 0 Å². The number of hydrogen-bond acceptors (Lipinski definition) is 3. The molecule has 1 aliphatic rings. The van der Waals surface area contributed by atoms with Gasteiger partial charge in [-0.1, -0.05) is 18.6 Å². The lowest BCUT2D eigenvalue weighted by molar-refractivity contribution is 0.0983. The first-order valence-electron chi connectivity index (χ1n) is 6.10. The number of aromatic nitrogens is 1. The minimum absolute atomic E-state index is 0.103. The van der Waals surface area contributed by atoms with Crippen LogP contribution in [-0.2, 0) is 0 Å². The van der Waals surface area contributed by atoms with Crippen molar-refractivity contribution in [1.29, 1.82) is 0 Å². The standard InChI is InChI=1S/C14H18N2O/c1-3-14(17)13-5-4-12(10-15-13)16-8-6-11(2)7-9-16/h4-6,10H,3,7-9H2,1-2H3. The molecule has 0 spiro atoms. The van der Waals surface area contributed by atoms with Gasteiger partial charge in [-0.05, 0) is 25.5 Å². The number of ketones is 1. The maximum absolute atomic E-state index is 11.5. The number of carbonyl (C=O) groups excluding carboxylic acids is 1. The summed E-state index contributed by atoms with van der Waals surface area (Å²) in [6, 6.07) is 3.82. The van der Waals surface area contributed by atoms with Gasteiger partial charge in [-0.2, -0.15) is 0 Å². The highest BCUT2D eigenvalue weighted by Crippen LogP contribution is 2.18. The van der Waals surface area contributed by atoms with Crippen molar-refractivity contribution < 1.29 is 4.79 Å². The zero-order chi connectivity index (χ0) is 12.3. The summed E-state index contributed by atoms with van der Waals surface area (Å²) in [6.07, 6.45) is 5.67. The fraction of sp³-hybridized carbons (Fsp3) is 0.429. The molecule has 17 heavy (non-hydrogen) atoms. The van der Waals surface area contributed by atoms with Gasteiger partial charge in [-0.3, -0.25) is 9.78 Å². The third-order valence-corrected chi connectivity index (χ3v) is 3.16. The number of nitrogens with zero attached hydrogens (tertiary/aromatic N) is 2. The van der Waals surface area contributed by atoms with Crippen LogP contribution in [0.1, 0.15) is 37.2 Å². The van der Waals surface area contributed by atoms with Gasteiger partial charge in [0.15, 0.2) is 5.78 Å². The fourth-order valence-electron chi connectivity index (χ4n) is 1.92. The molecule has 2 heterocycles. The molecule has 1 aromatic rings. The van der Waals surface area contributed by atoms with E-state index in [1.54, 1.807) is 6.20 Å². The first-order valence-corrected chi connectivity index (χ1v) is 6.10. The molecule has 0 saturated carbocycles. The van der Waals surface area contributed by atoms with Gasteiger partial charge < -0.3 is 4.90 Å². The summed E-state index contributed by atoms with van der Waals surface area (Å²) in [5.74, 6) is 0.103. The summed E-state index contributed by atoms with van der Waals surface area (Å²) in [4.78, 5) is 18.0. The van der Waals surface area contributed by atoms with Crippen LogP contribution in [0.3, 0.4) is 0 Å². The Balaban J connectivity index is 2.11. The average Bonchev–Trinajstić information content (AvgIpc) is 2.39. The Labute approximate surface area is 102 Å². The first kappa shape index (κ1) is 11.8. The Morgan fingerprint density at radius 3 is 2.82 bits per heavy atom. The van der Waals surface area contributed by atoms with E-state index in [0.717, 1.165) is 25.2 Å². The van der Waals surface area contributed by atoms with Gasteiger partial charge in [-0.15, -0.1) is 0 Å². The van der Waals surface area contributed by atoms with Crippen molar-refractivity contribution in [3.63, 3.8) is 0 Å². The predicted molar refractivity (Wildman–Crippen MR) is 69.4 cm³/mol. The summed E-state index contributed by atoms with van der Waals surface area (Å²) in [6.45, 7) is 5.99. The zero-order valence-corrected chi connectivity index (χ0v) is 10.4.